The van der Waals surface area contributed by atoms with Crippen molar-refractivity contribution in [1.82, 2.24) is 9.62 Å². The predicted molar refractivity (Wildman–Crippen MR) is 43.6 cm³/mol. The van der Waals surface area contributed by atoms with Crippen LogP contribution in [0.3, 0.4) is 0 Å². The molecule has 0 aromatic heterocycles. The smallest absolute Gasteiger partial charge is 0.218 e. The van der Waals surface area contributed by atoms with Gasteiger partial charge in [-0.25, -0.2) is 8.42 Å². The van der Waals surface area contributed by atoms with Crippen LogP contribution in [0.5, 0.6) is 0 Å². The Kier molecular flexibility index (Phi) is 2.64. The van der Waals surface area contributed by atoms with Gasteiger partial charge in [0.2, 0.25) is 10.0 Å². The number of hydrogen-bond acceptors (Lipinski definition) is 3. The average molecular weight is 176 g/mol. The van der Waals surface area contributed by atoms with Crippen LogP contribution in [0.4, 0.5) is 0 Å². The van der Waals surface area contributed by atoms with Crippen LogP contribution < -0.4 is 5.32 Å². The molecule has 1 aliphatic rings. The minimum Gasteiger partial charge on any atom is -0.302 e. The van der Waals surface area contributed by atoms with Gasteiger partial charge >= 0.3 is 0 Å². The van der Waals surface area contributed by atoms with Gasteiger partial charge in [-0.3, -0.25) is 0 Å². The van der Waals surface area contributed by atoms with Crippen LogP contribution >= 0.6 is 0 Å². The van der Waals surface area contributed by atoms with E-state index in [2.05, 4.69) is 11.9 Å². The first-order chi connectivity index (χ1) is 5.17. The standard InChI is InChI=1S/C6H12N2O2S/c1-2-5-11(9,10)8-4-3-7-6-8/h2,7H,1,3-6H2. The Balaban J connectivity index is 2.63. The minimum atomic E-state index is -3.06. The molecule has 5 heteroatoms. The summed E-state index contributed by atoms with van der Waals surface area (Å²) in [5.41, 5.74) is 0. The van der Waals surface area contributed by atoms with Crippen molar-refractivity contribution in [2.45, 2.75) is 0 Å². The van der Waals surface area contributed by atoms with Crippen molar-refractivity contribution in [3.05, 3.63) is 12.7 Å². The molecule has 0 amide bonds. The molecule has 0 aliphatic carbocycles. The number of nitrogens with one attached hydrogen (secondary N) is 1. The third-order valence-electron chi connectivity index (χ3n) is 1.55. The summed E-state index contributed by atoms with van der Waals surface area (Å²) in [6.45, 7) is 5.16. The Hall–Kier alpha value is -0.390. The number of sulfonamides is 1. The summed E-state index contributed by atoms with van der Waals surface area (Å²) >= 11 is 0. The van der Waals surface area contributed by atoms with Gasteiger partial charge in [-0.05, 0) is 0 Å². The molecule has 1 rings (SSSR count). The molecule has 1 fully saturated rings. The van der Waals surface area contributed by atoms with Gasteiger partial charge in [0.05, 0.1) is 12.4 Å². The zero-order valence-corrected chi connectivity index (χ0v) is 7.10. The lowest BCUT2D eigenvalue weighted by Crippen LogP contribution is -2.31. The molecule has 1 saturated heterocycles. The zero-order valence-electron chi connectivity index (χ0n) is 6.28. The molecule has 64 valence electrons. The van der Waals surface area contributed by atoms with Crippen LogP contribution in [0.15, 0.2) is 12.7 Å². The van der Waals surface area contributed by atoms with Crippen LogP contribution in [0.2, 0.25) is 0 Å². The Morgan fingerprint density at radius 2 is 2.36 bits per heavy atom. The van der Waals surface area contributed by atoms with Gasteiger partial charge in [-0.2, -0.15) is 4.31 Å². The summed E-state index contributed by atoms with van der Waals surface area (Å²) in [4.78, 5) is 0. The first kappa shape index (κ1) is 8.70. The Morgan fingerprint density at radius 3 is 2.82 bits per heavy atom. The molecule has 0 radical (unpaired) electrons. The zero-order chi connectivity index (χ0) is 8.32. The normalized spacial score (nSPS) is 20.4. The number of nitrogens with zero attached hydrogens (tertiary/aromatic N) is 1. The summed E-state index contributed by atoms with van der Waals surface area (Å²) in [5.74, 6) is 0.0364. The second-order valence-electron chi connectivity index (χ2n) is 2.40. The molecule has 0 spiro atoms. The highest BCUT2D eigenvalue weighted by molar-refractivity contribution is 7.89. The van der Waals surface area contributed by atoms with Crippen molar-refractivity contribution in [3.63, 3.8) is 0 Å². The van der Waals surface area contributed by atoms with E-state index >= 15 is 0 Å². The van der Waals surface area contributed by atoms with Gasteiger partial charge in [-0.15, -0.1) is 6.58 Å². The molecular formula is C6H12N2O2S. The maximum atomic E-state index is 11.2. The first-order valence-electron chi connectivity index (χ1n) is 3.46. The van der Waals surface area contributed by atoms with E-state index in [9.17, 15) is 8.42 Å². The maximum Gasteiger partial charge on any atom is 0.218 e. The van der Waals surface area contributed by atoms with Gasteiger partial charge in [0.25, 0.3) is 0 Å². The van der Waals surface area contributed by atoms with Crippen LogP contribution in [0, 0.1) is 0 Å². The van der Waals surface area contributed by atoms with E-state index in [0.717, 1.165) is 6.54 Å². The van der Waals surface area contributed by atoms with E-state index in [1.807, 2.05) is 0 Å². The molecule has 0 aromatic carbocycles. The average Bonchev–Trinajstić information content (AvgIpc) is 2.37. The molecule has 0 unspecified atom stereocenters. The van der Waals surface area contributed by atoms with Crippen LogP contribution in [-0.4, -0.2) is 38.2 Å². The predicted octanol–water partition coefficient (Wildman–Crippen LogP) is -0.635. The summed E-state index contributed by atoms with van der Waals surface area (Å²) in [7, 11) is -3.06. The molecule has 4 nitrogen and oxygen atoms in total. The number of hydrogen-bond donors (Lipinski definition) is 1. The largest absolute Gasteiger partial charge is 0.302 e. The van der Waals surface area contributed by atoms with Gasteiger partial charge in [0.1, 0.15) is 0 Å². The van der Waals surface area contributed by atoms with E-state index in [4.69, 9.17) is 0 Å². The summed E-state index contributed by atoms with van der Waals surface area (Å²) < 4.78 is 23.9. The second kappa shape index (κ2) is 3.34. The summed E-state index contributed by atoms with van der Waals surface area (Å²) in [5, 5.41) is 2.95. The van der Waals surface area contributed by atoms with Crippen molar-refractivity contribution < 1.29 is 8.42 Å². The Bertz CT molecular complexity index is 229. The topological polar surface area (TPSA) is 49.4 Å². The Labute approximate surface area is 66.9 Å². The molecule has 11 heavy (non-hydrogen) atoms. The van der Waals surface area contributed by atoms with Crippen molar-refractivity contribution >= 4 is 10.0 Å². The van der Waals surface area contributed by atoms with Crippen LogP contribution in [0.25, 0.3) is 0 Å². The second-order valence-corrected chi connectivity index (χ2v) is 4.41. The fourth-order valence-electron chi connectivity index (χ4n) is 0.978. The fourth-order valence-corrected chi connectivity index (χ4v) is 2.14. The third kappa shape index (κ3) is 2.02. The van der Waals surface area contributed by atoms with Crippen molar-refractivity contribution in [2.24, 2.45) is 0 Å². The van der Waals surface area contributed by atoms with Crippen molar-refractivity contribution in [1.29, 1.82) is 0 Å². The molecular weight excluding hydrogens is 164 g/mol. The highest BCUT2D eigenvalue weighted by Crippen LogP contribution is 2.02. The monoisotopic (exact) mass is 176 g/mol. The lowest BCUT2D eigenvalue weighted by Gasteiger charge is -2.12. The van der Waals surface area contributed by atoms with Crippen LogP contribution in [-0.2, 0) is 10.0 Å². The van der Waals surface area contributed by atoms with Gasteiger partial charge in [0.15, 0.2) is 0 Å². The maximum absolute atomic E-state index is 11.2. The highest BCUT2D eigenvalue weighted by Gasteiger charge is 2.22. The van der Waals surface area contributed by atoms with Gasteiger partial charge in [0, 0.05) is 13.1 Å². The molecule has 0 bridgehead atoms. The van der Waals surface area contributed by atoms with E-state index < -0.39 is 10.0 Å². The van der Waals surface area contributed by atoms with E-state index in [-0.39, 0.29) is 5.75 Å². The van der Waals surface area contributed by atoms with Crippen LogP contribution in [0.1, 0.15) is 0 Å². The van der Waals surface area contributed by atoms with Crippen molar-refractivity contribution in [3.8, 4) is 0 Å². The molecule has 0 atom stereocenters. The highest BCUT2D eigenvalue weighted by atomic mass is 32.2. The Morgan fingerprint density at radius 1 is 1.64 bits per heavy atom. The fraction of sp³-hybridized carbons (Fsp3) is 0.667. The van der Waals surface area contributed by atoms with E-state index in [0.29, 0.717) is 13.2 Å². The summed E-state index contributed by atoms with van der Waals surface area (Å²) in [6.07, 6.45) is 1.41. The van der Waals surface area contributed by atoms with Gasteiger partial charge in [-0.1, -0.05) is 6.08 Å². The minimum absolute atomic E-state index is 0.0364. The SMILES string of the molecule is C=CCS(=O)(=O)N1CCNC1. The lowest BCUT2D eigenvalue weighted by atomic mass is 10.7. The lowest BCUT2D eigenvalue weighted by molar-refractivity contribution is 0.476. The van der Waals surface area contributed by atoms with Crippen molar-refractivity contribution in [2.75, 3.05) is 25.5 Å². The van der Waals surface area contributed by atoms with E-state index in [1.54, 1.807) is 0 Å². The molecule has 1 N–H and O–H groups in total. The molecule has 0 saturated carbocycles. The van der Waals surface area contributed by atoms with E-state index in [1.165, 1.54) is 10.4 Å². The summed E-state index contributed by atoms with van der Waals surface area (Å²) in [6, 6.07) is 0. The van der Waals surface area contributed by atoms with Gasteiger partial charge < -0.3 is 5.32 Å². The quantitative estimate of drug-likeness (QED) is 0.582. The first-order valence-corrected chi connectivity index (χ1v) is 5.07. The molecule has 1 aliphatic heterocycles. The third-order valence-corrected chi connectivity index (χ3v) is 3.30. The number of rotatable bonds is 3. The molecule has 1 heterocycles. The molecule has 0 aromatic rings.